The quantitative estimate of drug-likeness (QED) is 0.421. The van der Waals surface area contributed by atoms with Gasteiger partial charge in [-0.25, -0.2) is 12.8 Å². The number of methoxy groups -OCH3 is 1. The number of fused-ring (bicyclic) bond motifs is 1. The first-order chi connectivity index (χ1) is 18.7. The highest BCUT2D eigenvalue weighted by molar-refractivity contribution is 7.92. The molecule has 5 rings (SSSR count). The Morgan fingerprint density at radius 3 is 2.38 bits per heavy atom. The number of ether oxygens (including phenoxy) is 3. The van der Waals surface area contributed by atoms with Crippen LogP contribution >= 0.6 is 0 Å². The second kappa shape index (κ2) is 11.1. The maximum absolute atomic E-state index is 13.4. The molecule has 0 atom stereocenters. The van der Waals surface area contributed by atoms with Crippen LogP contribution in [0.3, 0.4) is 0 Å². The molecular formula is C28H30FN3O6S. The summed E-state index contributed by atoms with van der Waals surface area (Å²) in [4.78, 5) is 17.5. The number of carbonyl (C=O) groups excluding carboxylic acids is 1. The average Bonchev–Trinajstić information content (AvgIpc) is 3.40. The maximum Gasteiger partial charge on any atom is 0.253 e. The molecule has 11 heteroatoms. The first-order valence-electron chi connectivity index (χ1n) is 12.5. The largest absolute Gasteiger partial charge is 0.496 e. The monoisotopic (exact) mass is 555 g/mol. The molecule has 39 heavy (non-hydrogen) atoms. The summed E-state index contributed by atoms with van der Waals surface area (Å²) in [5.41, 5.74) is 2.41. The lowest BCUT2D eigenvalue weighted by Gasteiger charge is -2.35. The fourth-order valence-corrected chi connectivity index (χ4v) is 5.66. The third-order valence-electron chi connectivity index (χ3n) is 6.86. The van der Waals surface area contributed by atoms with Crippen molar-refractivity contribution in [1.82, 2.24) is 9.80 Å². The Kier molecular flexibility index (Phi) is 7.62. The maximum atomic E-state index is 13.4. The van der Waals surface area contributed by atoms with Crippen LogP contribution in [0.5, 0.6) is 17.2 Å². The second-order valence-corrected chi connectivity index (χ2v) is 11.4. The topological polar surface area (TPSA) is 88.6 Å². The molecular weight excluding hydrogens is 525 g/mol. The number of anilines is 1. The normalized spacial score (nSPS) is 15.3. The summed E-state index contributed by atoms with van der Waals surface area (Å²) in [6, 6.07) is 16.2. The molecule has 0 unspecified atom stereocenters. The third kappa shape index (κ3) is 6.10. The van der Waals surface area contributed by atoms with Crippen molar-refractivity contribution in [2.75, 3.05) is 50.6 Å². The predicted molar refractivity (Wildman–Crippen MR) is 144 cm³/mol. The van der Waals surface area contributed by atoms with Crippen LogP contribution in [0.1, 0.15) is 21.5 Å². The Bertz CT molecular complexity index is 1460. The summed E-state index contributed by atoms with van der Waals surface area (Å²) in [5.74, 6) is 1.37. The molecule has 0 saturated carbocycles. The third-order valence-corrected chi connectivity index (χ3v) is 8.00. The van der Waals surface area contributed by atoms with E-state index < -0.39 is 15.8 Å². The van der Waals surface area contributed by atoms with E-state index in [1.807, 2.05) is 18.2 Å². The first kappa shape index (κ1) is 26.8. The van der Waals surface area contributed by atoms with Crippen molar-refractivity contribution < 1.29 is 31.8 Å². The Morgan fingerprint density at radius 1 is 0.974 bits per heavy atom. The van der Waals surface area contributed by atoms with Gasteiger partial charge in [-0.05, 0) is 60.2 Å². The molecule has 0 bridgehead atoms. The lowest BCUT2D eigenvalue weighted by atomic mass is 10.1. The van der Waals surface area contributed by atoms with Gasteiger partial charge in [-0.1, -0.05) is 6.07 Å². The number of nitrogens with zero attached hydrogens (tertiary/aromatic N) is 3. The summed E-state index contributed by atoms with van der Waals surface area (Å²) < 4.78 is 56.1. The molecule has 2 aliphatic rings. The van der Waals surface area contributed by atoms with Crippen molar-refractivity contribution in [3.8, 4) is 17.2 Å². The molecule has 0 spiro atoms. The van der Waals surface area contributed by atoms with Gasteiger partial charge in [0.05, 0.1) is 25.6 Å². The molecule has 1 amide bonds. The SMILES string of the molecule is COc1ccc(C(=O)N2CCN(Cc3ccc4c(c3)OCO4)CC2)cc1CN(c1ccc(F)cc1)S(C)(=O)=O. The Hall–Kier alpha value is -3.83. The van der Waals surface area contributed by atoms with E-state index in [-0.39, 0.29) is 19.2 Å². The van der Waals surface area contributed by atoms with Crippen molar-refractivity contribution in [3.63, 3.8) is 0 Å². The standard InChI is InChI=1S/C28H30FN3O6S/c1-36-25-10-4-21(16-22(25)18-32(39(2,34)35)24-7-5-23(29)6-8-24)28(33)31-13-11-30(12-14-31)17-20-3-9-26-27(15-20)38-19-37-26/h3-10,15-16H,11-14,17-19H2,1-2H3. The van der Waals surface area contributed by atoms with Gasteiger partial charge < -0.3 is 19.1 Å². The summed E-state index contributed by atoms with van der Waals surface area (Å²) in [6.45, 7) is 3.48. The second-order valence-electron chi connectivity index (χ2n) is 9.53. The van der Waals surface area contributed by atoms with E-state index in [4.69, 9.17) is 14.2 Å². The molecule has 9 nitrogen and oxygen atoms in total. The van der Waals surface area contributed by atoms with Crippen LogP contribution in [-0.2, 0) is 23.1 Å². The number of carbonyl (C=O) groups is 1. The number of hydrogen-bond donors (Lipinski definition) is 0. The molecule has 0 N–H and O–H groups in total. The van der Waals surface area contributed by atoms with Gasteiger partial charge in [0.1, 0.15) is 11.6 Å². The molecule has 0 radical (unpaired) electrons. The number of amides is 1. The zero-order valence-electron chi connectivity index (χ0n) is 21.8. The minimum Gasteiger partial charge on any atom is -0.496 e. The van der Waals surface area contributed by atoms with E-state index in [9.17, 15) is 17.6 Å². The highest BCUT2D eigenvalue weighted by atomic mass is 32.2. The first-order valence-corrected chi connectivity index (χ1v) is 14.4. The lowest BCUT2D eigenvalue weighted by Crippen LogP contribution is -2.48. The van der Waals surface area contributed by atoms with Gasteiger partial charge in [-0.3, -0.25) is 14.0 Å². The lowest BCUT2D eigenvalue weighted by molar-refractivity contribution is 0.0628. The van der Waals surface area contributed by atoms with Gasteiger partial charge in [-0.15, -0.1) is 0 Å². The number of piperazine rings is 1. The summed E-state index contributed by atoms with van der Waals surface area (Å²) in [5, 5.41) is 0. The fraction of sp³-hybridized carbons (Fsp3) is 0.321. The number of hydrogen-bond acceptors (Lipinski definition) is 7. The van der Waals surface area contributed by atoms with Crippen molar-refractivity contribution in [3.05, 3.63) is 83.2 Å². The molecule has 0 aliphatic carbocycles. The zero-order chi connectivity index (χ0) is 27.6. The van der Waals surface area contributed by atoms with Crippen molar-refractivity contribution in [1.29, 1.82) is 0 Å². The Balaban J connectivity index is 1.27. The van der Waals surface area contributed by atoms with Crippen LogP contribution in [0, 0.1) is 5.82 Å². The zero-order valence-corrected chi connectivity index (χ0v) is 22.6. The van der Waals surface area contributed by atoms with E-state index in [2.05, 4.69) is 4.90 Å². The highest BCUT2D eigenvalue weighted by Gasteiger charge is 2.25. The average molecular weight is 556 g/mol. The van der Waals surface area contributed by atoms with Crippen LogP contribution in [0.15, 0.2) is 60.7 Å². The van der Waals surface area contributed by atoms with E-state index in [1.54, 1.807) is 23.1 Å². The van der Waals surface area contributed by atoms with E-state index in [1.165, 1.54) is 31.4 Å². The van der Waals surface area contributed by atoms with Crippen LogP contribution in [0.25, 0.3) is 0 Å². The number of benzene rings is 3. The van der Waals surface area contributed by atoms with Gasteiger partial charge in [-0.2, -0.15) is 0 Å². The summed E-state index contributed by atoms with van der Waals surface area (Å²) in [6.07, 6.45) is 1.08. The molecule has 2 aliphatic heterocycles. The van der Waals surface area contributed by atoms with Crippen LogP contribution < -0.4 is 18.5 Å². The van der Waals surface area contributed by atoms with E-state index in [0.717, 1.165) is 47.3 Å². The molecule has 1 fully saturated rings. The van der Waals surface area contributed by atoms with Gasteiger partial charge in [0.15, 0.2) is 11.5 Å². The fourth-order valence-electron chi connectivity index (χ4n) is 4.79. The highest BCUT2D eigenvalue weighted by Crippen LogP contribution is 2.33. The van der Waals surface area contributed by atoms with Crippen molar-refractivity contribution >= 4 is 21.6 Å². The van der Waals surface area contributed by atoms with Crippen LogP contribution in [0.4, 0.5) is 10.1 Å². The summed E-state index contributed by atoms with van der Waals surface area (Å²) >= 11 is 0. The van der Waals surface area contributed by atoms with Gasteiger partial charge in [0.25, 0.3) is 5.91 Å². The van der Waals surface area contributed by atoms with E-state index >= 15 is 0 Å². The van der Waals surface area contributed by atoms with Crippen molar-refractivity contribution in [2.45, 2.75) is 13.1 Å². The van der Waals surface area contributed by atoms with Crippen molar-refractivity contribution in [2.24, 2.45) is 0 Å². The number of rotatable bonds is 8. The Morgan fingerprint density at radius 2 is 1.69 bits per heavy atom. The smallest absolute Gasteiger partial charge is 0.253 e. The molecule has 3 aromatic rings. The molecule has 2 heterocycles. The van der Waals surface area contributed by atoms with Gasteiger partial charge in [0.2, 0.25) is 16.8 Å². The van der Waals surface area contributed by atoms with Gasteiger partial charge >= 0.3 is 0 Å². The number of halogens is 1. The molecule has 3 aromatic carbocycles. The predicted octanol–water partition coefficient (Wildman–Crippen LogP) is 3.49. The van der Waals surface area contributed by atoms with Crippen LogP contribution in [0.2, 0.25) is 0 Å². The number of sulfonamides is 1. The molecule has 1 saturated heterocycles. The van der Waals surface area contributed by atoms with Crippen LogP contribution in [-0.4, -0.2) is 70.5 Å². The minimum absolute atomic E-state index is 0.0714. The molecule has 0 aromatic heterocycles. The summed E-state index contributed by atoms with van der Waals surface area (Å²) in [7, 11) is -2.21. The Labute approximate surface area is 227 Å². The van der Waals surface area contributed by atoms with E-state index in [0.29, 0.717) is 35.7 Å². The molecule has 206 valence electrons. The minimum atomic E-state index is -3.70. The van der Waals surface area contributed by atoms with Gasteiger partial charge in [0, 0.05) is 43.9 Å².